The first-order valence-electron chi connectivity index (χ1n) is 5.97. The Bertz CT molecular complexity index is 506. The lowest BCUT2D eigenvalue weighted by Gasteiger charge is -2.19. The number of hydrogen-bond donors (Lipinski definition) is 4. The van der Waals surface area contributed by atoms with E-state index >= 15 is 0 Å². The molecule has 2 unspecified atom stereocenters. The van der Waals surface area contributed by atoms with Gasteiger partial charge in [-0.3, -0.25) is 14.9 Å². The Morgan fingerprint density at radius 3 is 2.65 bits per heavy atom. The number of aliphatic hydroxyl groups excluding tert-OH is 2. The third-order valence-electron chi connectivity index (χ3n) is 2.78. The number of amides is 1. The quantitative estimate of drug-likeness (QED) is 0.331. The highest BCUT2D eigenvalue weighted by molar-refractivity contribution is 5.72. The Kier molecular flexibility index (Phi) is 5.42. The number of aliphatic hydroxyl groups is 2. The van der Waals surface area contributed by atoms with Crippen molar-refractivity contribution in [3.63, 3.8) is 0 Å². The van der Waals surface area contributed by atoms with E-state index < -0.39 is 17.1 Å². The second-order valence-corrected chi connectivity index (χ2v) is 4.35. The van der Waals surface area contributed by atoms with Crippen LogP contribution in [-0.4, -0.2) is 33.7 Å². The van der Waals surface area contributed by atoms with Gasteiger partial charge in [0.25, 0.3) is 5.69 Å². The molecule has 0 bridgehead atoms. The van der Waals surface area contributed by atoms with E-state index in [1.165, 1.54) is 19.1 Å². The number of anilines is 1. The zero-order valence-electron chi connectivity index (χ0n) is 10.9. The first-order valence-corrected chi connectivity index (χ1v) is 5.97. The predicted molar refractivity (Wildman–Crippen MR) is 71.8 cm³/mol. The number of nitro groups is 1. The summed E-state index contributed by atoms with van der Waals surface area (Å²) in [7, 11) is 0. The van der Waals surface area contributed by atoms with Crippen LogP contribution in [0.5, 0.6) is 0 Å². The van der Waals surface area contributed by atoms with Gasteiger partial charge in [0, 0.05) is 36.9 Å². The van der Waals surface area contributed by atoms with Gasteiger partial charge in [0.2, 0.25) is 5.91 Å². The molecule has 2 atom stereocenters. The molecule has 1 aromatic carbocycles. The summed E-state index contributed by atoms with van der Waals surface area (Å²) in [6.07, 6.45) is -2.27. The Balaban J connectivity index is 2.73. The van der Waals surface area contributed by atoms with E-state index in [2.05, 4.69) is 5.32 Å². The maximum absolute atomic E-state index is 10.7. The van der Waals surface area contributed by atoms with Crippen molar-refractivity contribution in [1.82, 2.24) is 5.32 Å². The van der Waals surface area contributed by atoms with Gasteiger partial charge in [-0.15, -0.1) is 0 Å². The number of nitrogen functional groups attached to an aromatic ring is 1. The minimum atomic E-state index is -1.27. The van der Waals surface area contributed by atoms with Crippen LogP contribution in [0.2, 0.25) is 0 Å². The zero-order valence-corrected chi connectivity index (χ0v) is 10.9. The number of nitrogens with two attached hydrogens (primary N) is 1. The number of nitro benzene ring substituents is 1. The molecule has 0 heterocycles. The van der Waals surface area contributed by atoms with Crippen molar-refractivity contribution in [3.05, 3.63) is 33.9 Å². The number of nitrogens with zero attached hydrogens (tertiary/aromatic N) is 1. The zero-order chi connectivity index (χ0) is 15.3. The first-order chi connectivity index (χ1) is 9.32. The van der Waals surface area contributed by atoms with Gasteiger partial charge in [0.05, 0.1) is 11.0 Å². The van der Waals surface area contributed by atoms with Crippen LogP contribution < -0.4 is 11.1 Å². The predicted octanol–water partition coefficient (Wildman–Crippen LogP) is 0.0975. The first kappa shape index (κ1) is 15.9. The third kappa shape index (κ3) is 4.18. The fourth-order valence-corrected chi connectivity index (χ4v) is 1.71. The molecule has 8 nitrogen and oxygen atoms in total. The third-order valence-corrected chi connectivity index (χ3v) is 2.78. The number of carbonyl (C=O) groups excluding carboxylic acids is 1. The smallest absolute Gasteiger partial charge is 0.271 e. The molecule has 0 aliphatic heterocycles. The lowest BCUT2D eigenvalue weighted by atomic mass is 10.00. The van der Waals surface area contributed by atoms with Crippen LogP contribution in [-0.2, 0) is 4.79 Å². The second-order valence-electron chi connectivity index (χ2n) is 4.35. The van der Waals surface area contributed by atoms with E-state index in [0.29, 0.717) is 0 Å². The van der Waals surface area contributed by atoms with Gasteiger partial charge in [-0.2, -0.15) is 0 Å². The van der Waals surface area contributed by atoms with Crippen LogP contribution in [0.15, 0.2) is 18.2 Å². The Labute approximate surface area is 115 Å². The van der Waals surface area contributed by atoms with E-state index in [9.17, 15) is 25.1 Å². The van der Waals surface area contributed by atoms with Crippen LogP contribution in [0.1, 0.15) is 25.0 Å². The molecule has 0 saturated carbocycles. The number of benzene rings is 1. The second kappa shape index (κ2) is 6.83. The largest absolute Gasteiger partial charge is 0.398 e. The summed E-state index contributed by atoms with van der Waals surface area (Å²) in [5.74, 6) is -0.235. The summed E-state index contributed by atoms with van der Waals surface area (Å²) in [5.41, 5.74) is 5.69. The van der Waals surface area contributed by atoms with E-state index in [0.717, 1.165) is 6.07 Å². The fraction of sp³-hybridized carbons (Fsp3) is 0.417. The van der Waals surface area contributed by atoms with Gasteiger partial charge in [0.1, 0.15) is 6.10 Å². The molecule has 0 spiro atoms. The van der Waals surface area contributed by atoms with Gasteiger partial charge in [-0.05, 0) is 12.5 Å². The molecule has 1 rings (SSSR count). The lowest BCUT2D eigenvalue weighted by molar-refractivity contribution is -0.384. The summed E-state index contributed by atoms with van der Waals surface area (Å²) >= 11 is 0. The SMILES string of the molecule is CC(=O)NCCC(O)C(O)c1ccc([N+](=O)[O-])cc1N. The molecular formula is C12H17N3O5. The van der Waals surface area contributed by atoms with Crippen LogP contribution in [0.25, 0.3) is 0 Å². The molecule has 5 N–H and O–H groups in total. The molecular weight excluding hydrogens is 266 g/mol. The van der Waals surface area contributed by atoms with Crippen molar-refractivity contribution in [2.24, 2.45) is 0 Å². The lowest BCUT2D eigenvalue weighted by Crippen LogP contribution is -2.28. The maximum atomic E-state index is 10.7. The van der Waals surface area contributed by atoms with Gasteiger partial charge in [-0.1, -0.05) is 0 Å². The van der Waals surface area contributed by atoms with E-state index in [4.69, 9.17) is 5.73 Å². The summed E-state index contributed by atoms with van der Waals surface area (Å²) < 4.78 is 0. The Morgan fingerprint density at radius 2 is 2.15 bits per heavy atom. The van der Waals surface area contributed by atoms with Gasteiger partial charge < -0.3 is 21.3 Å². The van der Waals surface area contributed by atoms with Gasteiger partial charge in [-0.25, -0.2) is 0 Å². The van der Waals surface area contributed by atoms with Crippen molar-refractivity contribution in [2.45, 2.75) is 25.6 Å². The number of rotatable bonds is 6. The summed E-state index contributed by atoms with van der Waals surface area (Å²) in [4.78, 5) is 20.7. The molecule has 110 valence electrons. The molecule has 20 heavy (non-hydrogen) atoms. The average molecular weight is 283 g/mol. The molecule has 0 radical (unpaired) electrons. The van der Waals surface area contributed by atoms with Crippen LogP contribution in [0, 0.1) is 10.1 Å². The molecule has 1 amide bonds. The molecule has 0 aliphatic rings. The van der Waals surface area contributed by atoms with Gasteiger partial charge >= 0.3 is 0 Å². The normalized spacial score (nSPS) is 13.6. The minimum Gasteiger partial charge on any atom is -0.398 e. The average Bonchev–Trinajstić information content (AvgIpc) is 2.37. The van der Waals surface area contributed by atoms with Crippen molar-refractivity contribution < 1.29 is 19.9 Å². The van der Waals surface area contributed by atoms with E-state index in [1.807, 2.05) is 0 Å². The van der Waals surface area contributed by atoms with Crippen molar-refractivity contribution in [1.29, 1.82) is 0 Å². The molecule has 1 aromatic rings. The van der Waals surface area contributed by atoms with Crippen molar-refractivity contribution >= 4 is 17.3 Å². The molecule has 8 heteroatoms. The topological polar surface area (TPSA) is 139 Å². The molecule has 0 fully saturated rings. The summed E-state index contributed by atoms with van der Waals surface area (Å²) in [6, 6.07) is 3.63. The molecule has 0 aliphatic carbocycles. The standard InChI is InChI=1S/C12H17N3O5/c1-7(16)14-5-4-11(17)12(18)9-3-2-8(15(19)20)6-10(9)13/h2-3,6,11-12,17-18H,4-5,13H2,1H3,(H,14,16). The number of carbonyl (C=O) groups is 1. The van der Waals surface area contributed by atoms with Crippen LogP contribution >= 0.6 is 0 Å². The Morgan fingerprint density at radius 1 is 1.50 bits per heavy atom. The number of nitrogens with one attached hydrogen (secondary N) is 1. The highest BCUT2D eigenvalue weighted by atomic mass is 16.6. The minimum absolute atomic E-state index is 0.0327. The maximum Gasteiger partial charge on any atom is 0.271 e. The van der Waals surface area contributed by atoms with Crippen molar-refractivity contribution in [2.75, 3.05) is 12.3 Å². The highest BCUT2D eigenvalue weighted by Crippen LogP contribution is 2.27. The molecule has 0 saturated heterocycles. The van der Waals surface area contributed by atoms with Crippen LogP contribution in [0.3, 0.4) is 0 Å². The highest BCUT2D eigenvalue weighted by Gasteiger charge is 2.21. The monoisotopic (exact) mass is 283 g/mol. The van der Waals surface area contributed by atoms with Crippen molar-refractivity contribution in [3.8, 4) is 0 Å². The van der Waals surface area contributed by atoms with Crippen LogP contribution in [0.4, 0.5) is 11.4 Å². The summed E-state index contributed by atoms with van der Waals surface area (Å²) in [6.45, 7) is 1.55. The number of non-ortho nitro benzene ring substituents is 1. The van der Waals surface area contributed by atoms with Gasteiger partial charge in [0.15, 0.2) is 0 Å². The summed E-state index contributed by atoms with van der Waals surface area (Å²) in [5, 5.41) is 32.8. The number of hydrogen-bond acceptors (Lipinski definition) is 6. The fourth-order valence-electron chi connectivity index (χ4n) is 1.71. The Hall–Kier alpha value is -2.19. The molecule has 0 aromatic heterocycles. The van der Waals surface area contributed by atoms with E-state index in [-0.39, 0.29) is 35.8 Å². The van der Waals surface area contributed by atoms with E-state index in [1.54, 1.807) is 0 Å².